The van der Waals surface area contributed by atoms with Gasteiger partial charge in [-0.3, -0.25) is 0 Å². The van der Waals surface area contributed by atoms with Gasteiger partial charge in [0, 0.05) is 27.6 Å². The molecule has 0 aliphatic heterocycles. The molecule has 0 bridgehead atoms. The summed E-state index contributed by atoms with van der Waals surface area (Å²) in [6.07, 6.45) is 3.83. The topological polar surface area (TPSA) is 45.1 Å². The van der Waals surface area contributed by atoms with Crippen molar-refractivity contribution in [1.29, 1.82) is 0 Å². The van der Waals surface area contributed by atoms with Gasteiger partial charge in [-0.05, 0) is 30.7 Å². The maximum atomic E-state index is 9.27. The average molecular weight is 268 g/mol. The fraction of sp³-hybridized carbons (Fsp3) is 0.417. The first-order chi connectivity index (χ1) is 8.26. The van der Waals surface area contributed by atoms with Gasteiger partial charge in [0.2, 0.25) is 0 Å². The molecule has 0 aliphatic rings. The largest absolute Gasteiger partial charge is 0.395 e. The van der Waals surface area contributed by atoms with Crippen LogP contribution in [0.25, 0.3) is 10.1 Å². The Labute approximate surface area is 109 Å². The zero-order valence-electron chi connectivity index (χ0n) is 9.88. The number of thiophene rings is 1. The van der Waals surface area contributed by atoms with Crippen LogP contribution < -0.4 is 5.32 Å². The summed E-state index contributed by atoms with van der Waals surface area (Å²) in [5.41, 5.74) is 0. The van der Waals surface area contributed by atoms with Crippen LogP contribution in [0.1, 0.15) is 6.92 Å². The number of aliphatic hydroxyl groups excluding tert-OH is 1. The first-order valence-electron chi connectivity index (χ1n) is 5.48. The van der Waals surface area contributed by atoms with E-state index in [9.17, 15) is 5.11 Å². The van der Waals surface area contributed by atoms with Crippen LogP contribution in [0.5, 0.6) is 0 Å². The number of thioether (sulfide) groups is 1. The zero-order valence-corrected chi connectivity index (χ0v) is 11.5. The van der Waals surface area contributed by atoms with Crippen LogP contribution in [-0.2, 0) is 0 Å². The molecule has 0 saturated heterocycles. The number of aromatic nitrogens is 1. The number of nitrogens with zero attached hydrogens (tertiary/aromatic N) is 1. The third kappa shape index (κ3) is 2.73. The molecule has 17 heavy (non-hydrogen) atoms. The number of pyridine rings is 1. The summed E-state index contributed by atoms with van der Waals surface area (Å²) in [6, 6.07) is 4.29. The molecule has 0 aromatic carbocycles. The molecule has 3 nitrogen and oxygen atoms in total. The Morgan fingerprint density at radius 3 is 3.06 bits per heavy atom. The second-order valence-corrected chi connectivity index (χ2v) is 5.91. The van der Waals surface area contributed by atoms with Gasteiger partial charge in [0.15, 0.2) is 0 Å². The SMILES string of the molecule is CSC(CO)C(C)Nc1nccc2sccc12. The number of fused-ring (bicyclic) bond motifs is 1. The van der Waals surface area contributed by atoms with Crippen LogP contribution in [0.4, 0.5) is 5.82 Å². The molecule has 92 valence electrons. The molecule has 5 heteroatoms. The Hall–Kier alpha value is -0.780. The smallest absolute Gasteiger partial charge is 0.134 e. The second kappa shape index (κ2) is 5.71. The molecule has 0 spiro atoms. The van der Waals surface area contributed by atoms with Gasteiger partial charge in [-0.25, -0.2) is 4.98 Å². The van der Waals surface area contributed by atoms with Crippen molar-refractivity contribution in [2.45, 2.75) is 18.2 Å². The maximum Gasteiger partial charge on any atom is 0.134 e. The van der Waals surface area contributed by atoms with Gasteiger partial charge in [0.1, 0.15) is 5.82 Å². The van der Waals surface area contributed by atoms with Gasteiger partial charge >= 0.3 is 0 Å². The van der Waals surface area contributed by atoms with Crippen molar-refractivity contribution in [2.24, 2.45) is 0 Å². The van der Waals surface area contributed by atoms with Crippen LogP contribution in [0, 0.1) is 0 Å². The fourth-order valence-corrected chi connectivity index (χ4v) is 3.16. The molecule has 2 rings (SSSR count). The van der Waals surface area contributed by atoms with Crippen LogP contribution in [-0.4, -0.2) is 34.2 Å². The summed E-state index contributed by atoms with van der Waals surface area (Å²) in [5.74, 6) is 0.906. The quantitative estimate of drug-likeness (QED) is 0.875. The molecular weight excluding hydrogens is 252 g/mol. The van der Waals surface area contributed by atoms with E-state index in [1.807, 2.05) is 18.5 Å². The first-order valence-corrected chi connectivity index (χ1v) is 7.65. The van der Waals surface area contributed by atoms with Crippen LogP contribution in [0.15, 0.2) is 23.7 Å². The van der Waals surface area contributed by atoms with Crippen LogP contribution in [0.2, 0.25) is 0 Å². The van der Waals surface area contributed by atoms with Gasteiger partial charge in [-0.2, -0.15) is 11.8 Å². The Bertz CT molecular complexity index is 482. The third-order valence-electron chi connectivity index (χ3n) is 2.78. The van der Waals surface area contributed by atoms with E-state index in [1.165, 1.54) is 4.70 Å². The van der Waals surface area contributed by atoms with E-state index in [0.29, 0.717) is 0 Å². The van der Waals surface area contributed by atoms with Gasteiger partial charge < -0.3 is 10.4 Å². The molecule has 0 amide bonds. The Morgan fingerprint density at radius 2 is 2.35 bits per heavy atom. The number of rotatable bonds is 5. The lowest BCUT2D eigenvalue weighted by Crippen LogP contribution is -2.31. The van der Waals surface area contributed by atoms with Crippen molar-refractivity contribution < 1.29 is 5.11 Å². The van der Waals surface area contributed by atoms with Gasteiger partial charge in [0.25, 0.3) is 0 Å². The number of hydrogen-bond acceptors (Lipinski definition) is 5. The van der Waals surface area contributed by atoms with E-state index in [1.54, 1.807) is 23.1 Å². The highest BCUT2D eigenvalue weighted by atomic mass is 32.2. The lowest BCUT2D eigenvalue weighted by molar-refractivity contribution is 0.288. The third-order valence-corrected chi connectivity index (χ3v) is 4.83. The van der Waals surface area contributed by atoms with Crippen molar-refractivity contribution in [3.8, 4) is 0 Å². The predicted octanol–water partition coefficient (Wildman–Crippen LogP) is 2.82. The monoisotopic (exact) mass is 268 g/mol. The van der Waals surface area contributed by atoms with Crippen molar-refractivity contribution in [1.82, 2.24) is 4.98 Å². The van der Waals surface area contributed by atoms with Gasteiger partial charge in [0.05, 0.1) is 6.61 Å². The summed E-state index contributed by atoms with van der Waals surface area (Å²) in [6.45, 7) is 2.25. The molecule has 0 fully saturated rings. The van der Waals surface area contributed by atoms with Gasteiger partial charge in [-0.1, -0.05) is 0 Å². The molecule has 2 N–H and O–H groups in total. The summed E-state index contributed by atoms with van der Waals surface area (Å²) >= 11 is 3.38. The van der Waals surface area contributed by atoms with Crippen molar-refractivity contribution in [3.63, 3.8) is 0 Å². The predicted molar refractivity (Wildman–Crippen MR) is 77.1 cm³/mol. The van der Waals surface area contributed by atoms with E-state index >= 15 is 0 Å². The highest BCUT2D eigenvalue weighted by molar-refractivity contribution is 7.99. The Morgan fingerprint density at radius 1 is 1.53 bits per heavy atom. The summed E-state index contributed by atoms with van der Waals surface area (Å²) < 4.78 is 1.24. The van der Waals surface area contributed by atoms with E-state index in [0.717, 1.165) is 11.2 Å². The minimum absolute atomic E-state index is 0.176. The molecule has 2 unspecified atom stereocenters. The Balaban J connectivity index is 2.20. The molecule has 2 aromatic rings. The highest BCUT2D eigenvalue weighted by Crippen LogP contribution is 2.27. The molecular formula is C12H16N2OS2. The minimum atomic E-state index is 0.176. The summed E-state index contributed by atoms with van der Waals surface area (Å²) in [7, 11) is 0. The molecule has 0 saturated carbocycles. The number of anilines is 1. The lowest BCUT2D eigenvalue weighted by Gasteiger charge is -2.22. The summed E-state index contributed by atoms with van der Waals surface area (Å²) in [5, 5.41) is 16.1. The lowest BCUT2D eigenvalue weighted by atomic mass is 10.2. The zero-order chi connectivity index (χ0) is 12.3. The average Bonchev–Trinajstić information content (AvgIpc) is 2.80. The standard InChI is InChI=1S/C12H16N2OS2/c1-8(11(7-15)16-2)14-12-9-4-6-17-10(9)3-5-13-12/h3-6,8,11,15H,7H2,1-2H3,(H,13,14). The fourth-order valence-electron chi connectivity index (χ4n) is 1.76. The number of aliphatic hydroxyl groups is 1. The van der Waals surface area contributed by atoms with Crippen molar-refractivity contribution in [3.05, 3.63) is 23.7 Å². The first kappa shape index (κ1) is 12.7. The van der Waals surface area contributed by atoms with E-state index in [4.69, 9.17) is 0 Å². The number of nitrogens with one attached hydrogen (secondary N) is 1. The van der Waals surface area contributed by atoms with E-state index < -0.39 is 0 Å². The van der Waals surface area contributed by atoms with Crippen LogP contribution >= 0.6 is 23.1 Å². The molecule has 2 heterocycles. The summed E-state index contributed by atoms with van der Waals surface area (Å²) in [4.78, 5) is 4.37. The van der Waals surface area contributed by atoms with E-state index in [-0.39, 0.29) is 17.9 Å². The second-order valence-electron chi connectivity index (χ2n) is 3.88. The van der Waals surface area contributed by atoms with Gasteiger partial charge in [-0.15, -0.1) is 11.3 Å². The van der Waals surface area contributed by atoms with Crippen molar-refractivity contribution in [2.75, 3.05) is 18.2 Å². The molecule has 2 atom stereocenters. The van der Waals surface area contributed by atoms with E-state index in [2.05, 4.69) is 28.7 Å². The Kier molecular flexibility index (Phi) is 4.25. The molecule has 0 radical (unpaired) electrons. The minimum Gasteiger partial charge on any atom is -0.395 e. The maximum absolute atomic E-state index is 9.27. The van der Waals surface area contributed by atoms with Crippen molar-refractivity contribution >= 4 is 39.0 Å². The molecule has 0 aliphatic carbocycles. The highest BCUT2D eigenvalue weighted by Gasteiger charge is 2.16. The normalized spacial score (nSPS) is 14.8. The van der Waals surface area contributed by atoms with Crippen LogP contribution in [0.3, 0.4) is 0 Å². The molecule has 2 aromatic heterocycles. The number of hydrogen-bond donors (Lipinski definition) is 2.